The topological polar surface area (TPSA) is 68.4 Å². The molecule has 1 amide bonds. The number of carbonyl (C=O) groups is 1. The second-order valence-electron chi connectivity index (χ2n) is 6.29. The van der Waals surface area contributed by atoms with Crippen molar-refractivity contribution in [1.29, 1.82) is 0 Å². The van der Waals surface area contributed by atoms with Gasteiger partial charge in [-0.3, -0.25) is 9.59 Å². The Labute approximate surface area is 153 Å². The Balaban J connectivity index is 1.82. The van der Waals surface area contributed by atoms with E-state index >= 15 is 0 Å². The van der Waals surface area contributed by atoms with Crippen LogP contribution in [0.1, 0.15) is 22.8 Å². The fourth-order valence-corrected chi connectivity index (χ4v) is 3.24. The van der Waals surface area contributed by atoms with E-state index < -0.39 is 0 Å². The summed E-state index contributed by atoms with van der Waals surface area (Å²) in [6.07, 6.45) is 1.58. The molecule has 0 aliphatic heterocycles. The van der Waals surface area contributed by atoms with E-state index in [1.54, 1.807) is 46.5 Å². The Kier molecular flexibility index (Phi) is 3.99. The maximum absolute atomic E-state index is 13.3. The molecule has 0 fully saturated rings. The molecule has 2 heterocycles. The van der Waals surface area contributed by atoms with Crippen LogP contribution in [0.15, 0.2) is 53.5 Å². The first-order chi connectivity index (χ1) is 13.0. The zero-order valence-electron chi connectivity index (χ0n) is 14.9. The molecule has 2 aromatic heterocycles. The van der Waals surface area contributed by atoms with Gasteiger partial charge in [0.25, 0.3) is 11.5 Å². The number of fused-ring (bicyclic) bond motifs is 3. The van der Waals surface area contributed by atoms with Gasteiger partial charge in [-0.1, -0.05) is 0 Å². The number of hydrogen-bond acceptors (Lipinski definition) is 3. The highest BCUT2D eigenvalue weighted by Gasteiger charge is 2.14. The van der Waals surface area contributed by atoms with E-state index in [0.29, 0.717) is 34.4 Å². The lowest BCUT2D eigenvalue weighted by molar-refractivity contribution is 0.102. The highest BCUT2D eigenvalue weighted by molar-refractivity contribution is 6.06. The van der Waals surface area contributed by atoms with Crippen LogP contribution in [0, 0.1) is 12.7 Å². The molecule has 0 saturated carbocycles. The van der Waals surface area contributed by atoms with Gasteiger partial charge in [0.1, 0.15) is 11.3 Å². The van der Waals surface area contributed by atoms with Crippen LogP contribution in [0.5, 0.6) is 0 Å². The van der Waals surface area contributed by atoms with E-state index in [0.717, 1.165) is 5.52 Å². The molecule has 1 N–H and O–H groups in total. The Morgan fingerprint density at radius 1 is 1.11 bits per heavy atom. The molecule has 0 unspecified atom stereocenters. The van der Waals surface area contributed by atoms with Gasteiger partial charge in [-0.2, -0.15) is 5.10 Å². The quantitative estimate of drug-likeness (QED) is 0.606. The first-order valence-electron chi connectivity index (χ1n) is 8.57. The SMILES string of the molecule is CCn1c(=O)c2ccnn2c2ccc(C(=O)Nc3ccc(F)cc3C)cc21. The van der Waals surface area contributed by atoms with E-state index in [1.165, 1.54) is 18.2 Å². The summed E-state index contributed by atoms with van der Waals surface area (Å²) in [5.74, 6) is -0.686. The van der Waals surface area contributed by atoms with Gasteiger partial charge in [-0.25, -0.2) is 8.91 Å². The second-order valence-corrected chi connectivity index (χ2v) is 6.29. The van der Waals surface area contributed by atoms with E-state index in [-0.39, 0.29) is 17.3 Å². The normalized spacial score (nSPS) is 11.2. The van der Waals surface area contributed by atoms with Gasteiger partial charge >= 0.3 is 0 Å². The van der Waals surface area contributed by atoms with Gasteiger partial charge < -0.3 is 9.88 Å². The predicted octanol–water partition coefficient (Wildman–Crippen LogP) is 3.37. The highest BCUT2D eigenvalue weighted by Crippen LogP contribution is 2.20. The molecule has 7 heteroatoms. The molecule has 136 valence electrons. The molecule has 0 radical (unpaired) electrons. The number of aromatic nitrogens is 3. The van der Waals surface area contributed by atoms with Crippen LogP contribution in [-0.2, 0) is 6.54 Å². The Hall–Kier alpha value is -3.48. The van der Waals surface area contributed by atoms with Crippen LogP contribution < -0.4 is 10.9 Å². The molecule has 2 aromatic carbocycles. The van der Waals surface area contributed by atoms with Crippen molar-refractivity contribution in [2.24, 2.45) is 0 Å². The molecule has 0 bridgehead atoms. The third-order valence-corrected chi connectivity index (χ3v) is 4.62. The summed E-state index contributed by atoms with van der Waals surface area (Å²) in [7, 11) is 0. The van der Waals surface area contributed by atoms with Gasteiger partial charge in [0.05, 0.1) is 17.2 Å². The van der Waals surface area contributed by atoms with E-state index in [4.69, 9.17) is 0 Å². The summed E-state index contributed by atoms with van der Waals surface area (Å²) in [6.45, 7) is 4.07. The van der Waals surface area contributed by atoms with Gasteiger partial charge in [0, 0.05) is 17.8 Å². The summed E-state index contributed by atoms with van der Waals surface area (Å²) in [6, 6.07) is 11.0. The van der Waals surface area contributed by atoms with Gasteiger partial charge in [0.2, 0.25) is 0 Å². The van der Waals surface area contributed by atoms with E-state index in [9.17, 15) is 14.0 Å². The highest BCUT2D eigenvalue weighted by atomic mass is 19.1. The molecule has 0 aliphatic rings. The fraction of sp³-hybridized carbons (Fsp3) is 0.150. The molecule has 0 saturated heterocycles. The smallest absolute Gasteiger partial charge is 0.277 e. The number of anilines is 1. The summed E-state index contributed by atoms with van der Waals surface area (Å²) in [4.78, 5) is 25.3. The van der Waals surface area contributed by atoms with E-state index in [1.807, 2.05) is 6.92 Å². The minimum atomic E-state index is -0.355. The first kappa shape index (κ1) is 17.0. The zero-order chi connectivity index (χ0) is 19.1. The molecule has 0 aliphatic carbocycles. The van der Waals surface area contributed by atoms with Crippen molar-refractivity contribution in [3.8, 4) is 0 Å². The average Bonchev–Trinajstić information content (AvgIpc) is 3.14. The summed E-state index contributed by atoms with van der Waals surface area (Å²) in [5, 5.41) is 7.00. The van der Waals surface area contributed by atoms with Gasteiger partial charge in [-0.15, -0.1) is 0 Å². The first-order valence-corrected chi connectivity index (χ1v) is 8.57. The van der Waals surface area contributed by atoms with Crippen LogP contribution >= 0.6 is 0 Å². The van der Waals surface area contributed by atoms with Crippen molar-refractivity contribution in [2.45, 2.75) is 20.4 Å². The number of halogens is 1. The molecular weight excluding hydrogens is 347 g/mol. The standard InChI is InChI=1S/C20H17FN4O2/c1-3-24-18-11-13(19(26)23-15-6-5-14(21)10-12(15)2)4-7-16(18)25-17(20(24)27)8-9-22-25/h4-11H,3H2,1-2H3,(H,23,26). The number of benzene rings is 2. The lowest BCUT2D eigenvalue weighted by Crippen LogP contribution is -2.23. The summed E-state index contributed by atoms with van der Waals surface area (Å²) in [5.41, 5.74) is 3.27. The number of nitrogens with zero attached hydrogens (tertiary/aromatic N) is 3. The second kappa shape index (κ2) is 6.35. The van der Waals surface area contributed by atoms with Crippen LogP contribution in [0.25, 0.3) is 16.6 Å². The minimum absolute atomic E-state index is 0.158. The van der Waals surface area contributed by atoms with Crippen molar-refractivity contribution < 1.29 is 9.18 Å². The largest absolute Gasteiger partial charge is 0.322 e. The van der Waals surface area contributed by atoms with Crippen molar-refractivity contribution >= 4 is 28.1 Å². The number of carbonyl (C=O) groups excluding carboxylic acids is 1. The lowest BCUT2D eigenvalue weighted by atomic mass is 10.1. The fourth-order valence-electron chi connectivity index (χ4n) is 3.24. The Bertz CT molecular complexity index is 1260. The number of aryl methyl sites for hydroxylation is 2. The molecule has 0 atom stereocenters. The van der Waals surface area contributed by atoms with Crippen LogP contribution in [-0.4, -0.2) is 20.1 Å². The van der Waals surface area contributed by atoms with Crippen molar-refractivity contribution in [1.82, 2.24) is 14.2 Å². The molecule has 4 rings (SSSR count). The molecule has 0 spiro atoms. The molecule has 27 heavy (non-hydrogen) atoms. The Morgan fingerprint density at radius 2 is 1.93 bits per heavy atom. The van der Waals surface area contributed by atoms with Crippen molar-refractivity contribution in [2.75, 3.05) is 5.32 Å². The van der Waals surface area contributed by atoms with Gasteiger partial charge in [-0.05, 0) is 61.9 Å². The third kappa shape index (κ3) is 2.77. The zero-order valence-corrected chi connectivity index (χ0v) is 14.9. The predicted molar refractivity (Wildman–Crippen MR) is 102 cm³/mol. The van der Waals surface area contributed by atoms with Crippen LogP contribution in [0.4, 0.5) is 10.1 Å². The minimum Gasteiger partial charge on any atom is -0.322 e. The number of hydrogen-bond donors (Lipinski definition) is 1. The van der Waals surface area contributed by atoms with Crippen LogP contribution in [0.2, 0.25) is 0 Å². The van der Waals surface area contributed by atoms with E-state index in [2.05, 4.69) is 10.4 Å². The number of rotatable bonds is 3. The molecule has 6 nitrogen and oxygen atoms in total. The number of amides is 1. The lowest BCUT2D eigenvalue weighted by Gasteiger charge is -2.12. The number of nitrogens with one attached hydrogen (secondary N) is 1. The monoisotopic (exact) mass is 364 g/mol. The summed E-state index contributed by atoms with van der Waals surface area (Å²) < 4.78 is 16.4. The third-order valence-electron chi connectivity index (χ3n) is 4.62. The molecule has 4 aromatic rings. The maximum atomic E-state index is 13.3. The Morgan fingerprint density at radius 3 is 2.67 bits per heavy atom. The van der Waals surface area contributed by atoms with Crippen molar-refractivity contribution in [3.05, 3.63) is 76.0 Å². The molecular formula is C20H17FN4O2. The van der Waals surface area contributed by atoms with Gasteiger partial charge in [0.15, 0.2) is 0 Å². The van der Waals surface area contributed by atoms with Crippen LogP contribution in [0.3, 0.4) is 0 Å². The van der Waals surface area contributed by atoms with Crippen molar-refractivity contribution in [3.63, 3.8) is 0 Å². The average molecular weight is 364 g/mol. The summed E-state index contributed by atoms with van der Waals surface area (Å²) >= 11 is 0. The maximum Gasteiger partial charge on any atom is 0.277 e.